The zero-order valence-corrected chi connectivity index (χ0v) is 11.9. The molecule has 4 nitrogen and oxygen atoms in total. The molecule has 1 aromatic carbocycles. The topological polar surface area (TPSA) is 70.6 Å². The quantitative estimate of drug-likeness (QED) is 0.248. The molecule has 0 saturated heterocycles. The fraction of sp³-hybridized carbons (Fsp3) is 0.417. The van der Waals surface area contributed by atoms with Crippen LogP contribution < -0.4 is 11.1 Å². The largest absolute Gasteiger partial charge is 0.409 e. The Hall–Kier alpha value is -1.05. The van der Waals surface area contributed by atoms with Crippen molar-refractivity contribution in [2.75, 3.05) is 11.9 Å². The number of rotatable bonds is 5. The van der Waals surface area contributed by atoms with Crippen molar-refractivity contribution in [1.29, 1.82) is 0 Å². The molecule has 0 atom stereocenters. The summed E-state index contributed by atoms with van der Waals surface area (Å²) < 4.78 is 13.8. The third-order valence-corrected chi connectivity index (χ3v) is 4.12. The summed E-state index contributed by atoms with van der Waals surface area (Å²) in [6.07, 6.45) is 2.72. The highest BCUT2D eigenvalue weighted by Gasteiger charge is 2.43. The van der Waals surface area contributed by atoms with E-state index in [1.54, 1.807) is 6.07 Å². The summed E-state index contributed by atoms with van der Waals surface area (Å²) in [6.45, 7) is 0.755. The van der Waals surface area contributed by atoms with E-state index in [1.165, 1.54) is 12.1 Å². The van der Waals surface area contributed by atoms with Crippen LogP contribution in [0.1, 0.15) is 19.3 Å². The molecule has 0 bridgehead atoms. The first kappa shape index (κ1) is 13.4. The zero-order chi connectivity index (χ0) is 13.2. The summed E-state index contributed by atoms with van der Waals surface area (Å²) in [4.78, 5) is 0. The Bertz CT molecular complexity index is 474. The third-order valence-electron chi connectivity index (χ3n) is 3.23. The van der Waals surface area contributed by atoms with Gasteiger partial charge in [-0.3, -0.25) is 0 Å². The van der Waals surface area contributed by atoms with Crippen molar-refractivity contribution in [2.24, 2.45) is 16.3 Å². The number of oxime groups is 1. The van der Waals surface area contributed by atoms with Gasteiger partial charge < -0.3 is 16.3 Å². The van der Waals surface area contributed by atoms with E-state index in [2.05, 4.69) is 33.1 Å². The molecule has 0 amide bonds. The Morgan fingerprint density at radius 2 is 2.28 bits per heavy atom. The fourth-order valence-corrected chi connectivity index (χ4v) is 2.60. The first-order valence-electron chi connectivity index (χ1n) is 5.70. The van der Waals surface area contributed by atoms with Gasteiger partial charge in [-0.15, -0.1) is 0 Å². The minimum atomic E-state index is -0.234. The molecule has 0 aliphatic heterocycles. The van der Waals surface area contributed by atoms with E-state index < -0.39 is 0 Å². The van der Waals surface area contributed by atoms with Crippen LogP contribution in [0, 0.1) is 14.8 Å². The Kier molecular flexibility index (Phi) is 3.94. The Morgan fingerprint density at radius 1 is 1.56 bits per heavy atom. The van der Waals surface area contributed by atoms with Crippen LogP contribution in [-0.4, -0.2) is 17.6 Å². The average molecular weight is 363 g/mol. The molecular formula is C12H15FIN3O. The van der Waals surface area contributed by atoms with Crippen molar-refractivity contribution in [3.8, 4) is 0 Å². The average Bonchev–Trinajstić information content (AvgIpc) is 3.08. The van der Waals surface area contributed by atoms with Gasteiger partial charge in [-0.05, 0) is 59.0 Å². The van der Waals surface area contributed by atoms with Gasteiger partial charge in [0, 0.05) is 22.2 Å². The van der Waals surface area contributed by atoms with Crippen LogP contribution in [0.5, 0.6) is 0 Å². The monoisotopic (exact) mass is 363 g/mol. The Morgan fingerprint density at radius 3 is 2.83 bits per heavy atom. The van der Waals surface area contributed by atoms with Crippen LogP contribution in [0.2, 0.25) is 0 Å². The van der Waals surface area contributed by atoms with Gasteiger partial charge >= 0.3 is 0 Å². The number of halogens is 2. The van der Waals surface area contributed by atoms with Gasteiger partial charge in [0.25, 0.3) is 0 Å². The second-order valence-electron chi connectivity index (χ2n) is 4.75. The summed E-state index contributed by atoms with van der Waals surface area (Å²) in [7, 11) is 0. The molecule has 0 spiro atoms. The van der Waals surface area contributed by atoms with Crippen LogP contribution in [0.3, 0.4) is 0 Å². The molecule has 1 aliphatic carbocycles. The second kappa shape index (κ2) is 5.29. The second-order valence-corrected chi connectivity index (χ2v) is 5.91. The van der Waals surface area contributed by atoms with Crippen molar-refractivity contribution in [3.05, 3.63) is 27.6 Å². The maximum Gasteiger partial charge on any atom is 0.139 e. The summed E-state index contributed by atoms with van der Waals surface area (Å²) >= 11 is 2.10. The van der Waals surface area contributed by atoms with Crippen LogP contribution in [0.25, 0.3) is 0 Å². The van der Waals surface area contributed by atoms with E-state index in [0.29, 0.717) is 6.42 Å². The van der Waals surface area contributed by atoms with E-state index in [9.17, 15) is 4.39 Å². The molecule has 4 N–H and O–H groups in total. The molecule has 1 aromatic rings. The molecule has 0 radical (unpaired) electrons. The molecular weight excluding hydrogens is 348 g/mol. The van der Waals surface area contributed by atoms with Crippen LogP contribution in [-0.2, 0) is 0 Å². The van der Waals surface area contributed by atoms with Gasteiger partial charge in [0.1, 0.15) is 11.7 Å². The molecule has 6 heteroatoms. The number of hydrogen-bond acceptors (Lipinski definition) is 3. The summed E-state index contributed by atoms with van der Waals surface area (Å²) in [5, 5.41) is 14.9. The van der Waals surface area contributed by atoms with E-state index in [0.717, 1.165) is 28.6 Å². The van der Waals surface area contributed by atoms with Crippen molar-refractivity contribution < 1.29 is 9.60 Å². The summed E-state index contributed by atoms with van der Waals surface area (Å²) in [5.74, 6) is 0.0332. The predicted molar refractivity (Wildman–Crippen MR) is 77.3 cm³/mol. The molecule has 0 heterocycles. The van der Waals surface area contributed by atoms with Crippen molar-refractivity contribution in [3.63, 3.8) is 0 Å². The maximum absolute atomic E-state index is 13.0. The summed E-state index contributed by atoms with van der Waals surface area (Å²) in [5.41, 5.74) is 6.55. The normalized spacial score (nSPS) is 17.6. The van der Waals surface area contributed by atoms with Crippen molar-refractivity contribution in [1.82, 2.24) is 0 Å². The molecule has 1 aliphatic rings. The van der Waals surface area contributed by atoms with Gasteiger partial charge in [0.2, 0.25) is 0 Å². The molecule has 0 aromatic heterocycles. The van der Waals surface area contributed by atoms with E-state index in [-0.39, 0.29) is 17.1 Å². The molecule has 0 unspecified atom stereocenters. The highest BCUT2D eigenvalue weighted by molar-refractivity contribution is 14.1. The number of anilines is 1. The molecule has 18 heavy (non-hydrogen) atoms. The standard InChI is InChI=1S/C12H15FIN3O/c13-8-1-2-10(9(14)5-8)16-7-12(3-4-12)6-11(15)17-18/h1-2,5,16,18H,3-4,6-7H2,(H2,15,17). The number of benzene rings is 1. The highest BCUT2D eigenvalue weighted by Crippen LogP contribution is 2.48. The Labute approximate surface area is 119 Å². The zero-order valence-electron chi connectivity index (χ0n) is 9.79. The van der Waals surface area contributed by atoms with Gasteiger partial charge in [-0.1, -0.05) is 5.16 Å². The lowest BCUT2D eigenvalue weighted by Crippen LogP contribution is -2.23. The lowest BCUT2D eigenvalue weighted by molar-refractivity contribution is 0.315. The fourth-order valence-electron chi connectivity index (χ4n) is 1.93. The molecule has 2 rings (SSSR count). The van der Waals surface area contributed by atoms with Crippen molar-refractivity contribution in [2.45, 2.75) is 19.3 Å². The smallest absolute Gasteiger partial charge is 0.139 e. The van der Waals surface area contributed by atoms with E-state index in [1.807, 2.05) is 0 Å². The number of nitrogens with two attached hydrogens (primary N) is 1. The van der Waals surface area contributed by atoms with Crippen LogP contribution in [0.4, 0.5) is 10.1 Å². The van der Waals surface area contributed by atoms with Crippen LogP contribution >= 0.6 is 22.6 Å². The van der Waals surface area contributed by atoms with Gasteiger partial charge in [0.15, 0.2) is 0 Å². The number of nitrogens with zero attached hydrogens (tertiary/aromatic N) is 1. The number of hydrogen-bond donors (Lipinski definition) is 3. The van der Waals surface area contributed by atoms with Crippen LogP contribution in [0.15, 0.2) is 23.4 Å². The van der Waals surface area contributed by atoms with Gasteiger partial charge in [-0.2, -0.15) is 0 Å². The molecule has 1 saturated carbocycles. The first-order chi connectivity index (χ1) is 8.54. The first-order valence-corrected chi connectivity index (χ1v) is 6.78. The SMILES string of the molecule is NC(CC1(CNc2ccc(F)cc2I)CC1)=NO. The highest BCUT2D eigenvalue weighted by atomic mass is 127. The van der Waals surface area contributed by atoms with E-state index in [4.69, 9.17) is 10.9 Å². The van der Waals surface area contributed by atoms with Crippen molar-refractivity contribution >= 4 is 34.1 Å². The molecule has 1 fully saturated rings. The minimum absolute atomic E-state index is 0.0911. The predicted octanol–water partition coefficient (Wildman–Crippen LogP) is 2.76. The van der Waals surface area contributed by atoms with E-state index >= 15 is 0 Å². The molecule has 98 valence electrons. The number of nitrogens with one attached hydrogen (secondary N) is 1. The Balaban J connectivity index is 1.95. The number of amidine groups is 1. The van der Waals surface area contributed by atoms with Gasteiger partial charge in [-0.25, -0.2) is 4.39 Å². The van der Waals surface area contributed by atoms with Gasteiger partial charge in [0.05, 0.1) is 0 Å². The lowest BCUT2D eigenvalue weighted by Gasteiger charge is -2.16. The third kappa shape index (κ3) is 3.24. The maximum atomic E-state index is 13.0. The lowest BCUT2D eigenvalue weighted by atomic mass is 10.0. The minimum Gasteiger partial charge on any atom is -0.409 e. The summed E-state index contributed by atoms with van der Waals surface area (Å²) in [6, 6.07) is 4.66.